The van der Waals surface area contributed by atoms with Gasteiger partial charge in [0.2, 0.25) is 0 Å². The maximum absolute atomic E-state index is 12.3. The highest BCUT2D eigenvalue weighted by Gasteiger charge is 2.20. The zero-order chi connectivity index (χ0) is 27.0. The van der Waals surface area contributed by atoms with Crippen LogP contribution in [-0.4, -0.2) is 36.0 Å². The fourth-order valence-electron chi connectivity index (χ4n) is 3.55. The number of ether oxygens (including phenoxy) is 1. The normalized spacial score (nSPS) is 11.6. The highest BCUT2D eigenvalue weighted by molar-refractivity contribution is 6.01. The summed E-state index contributed by atoms with van der Waals surface area (Å²) in [5.41, 5.74) is 3.36. The average molecular weight is 499 g/mol. The maximum Gasteiger partial charge on any atom is 0.196 e. The van der Waals surface area contributed by atoms with Gasteiger partial charge in [0.05, 0.1) is 0 Å². The number of rotatable bonds is 7. The molecule has 0 aliphatic rings. The molecule has 0 saturated carbocycles. The van der Waals surface area contributed by atoms with Crippen molar-refractivity contribution < 1.29 is 24.5 Å². The fourth-order valence-corrected chi connectivity index (χ4v) is 3.55. The van der Waals surface area contributed by atoms with Crippen LogP contribution in [0, 0.1) is 0 Å². The minimum atomic E-state index is -1.08. The summed E-state index contributed by atoms with van der Waals surface area (Å²) >= 11 is 0. The standard InChI is InChI=1S/C16H16O2.C14H12O2.C2H6O/c1-2-12-8-6-7-11-14(12)16(18)15(17)13-9-4-3-5-10-13;15-13(11-7-3-1-4-8-11)14(16)12-9-5-2-6-10-12;1-3-2/h3-11,15,17H,2H2,1H3;1-10,13,15H;1-2H3. The molecule has 0 amide bonds. The molecule has 4 rings (SSSR count). The Balaban J connectivity index is 0.000000237. The van der Waals surface area contributed by atoms with Crippen LogP contribution < -0.4 is 0 Å². The van der Waals surface area contributed by atoms with E-state index in [1.54, 1.807) is 80.9 Å². The number of aliphatic hydroxyl groups is 2. The Morgan fingerprint density at radius 1 is 0.622 bits per heavy atom. The quantitative estimate of drug-likeness (QED) is 0.304. The number of benzene rings is 4. The van der Waals surface area contributed by atoms with E-state index in [0.29, 0.717) is 22.3 Å². The van der Waals surface area contributed by atoms with Crippen LogP contribution in [0.15, 0.2) is 115 Å². The minimum Gasteiger partial charge on any atom is -0.388 e. The predicted molar refractivity (Wildman–Crippen MR) is 147 cm³/mol. The topological polar surface area (TPSA) is 83.8 Å². The molecule has 0 spiro atoms. The molecule has 0 heterocycles. The van der Waals surface area contributed by atoms with E-state index in [-0.39, 0.29) is 11.6 Å². The highest BCUT2D eigenvalue weighted by Crippen LogP contribution is 2.21. The zero-order valence-electron chi connectivity index (χ0n) is 21.5. The second kappa shape index (κ2) is 16.0. The molecule has 4 aromatic carbocycles. The van der Waals surface area contributed by atoms with E-state index in [2.05, 4.69) is 4.74 Å². The van der Waals surface area contributed by atoms with Gasteiger partial charge < -0.3 is 14.9 Å². The number of Topliss-reactive ketones (excluding diaryl/α,β-unsaturated/α-hetero) is 2. The third kappa shape index (κ3) is 8.92. The van der Waals surface area contributed by atoms with Gasteiger partial charge in [-0.3, -0.25) is 9.59 Å². The van der Waals surface area contributed by atoms with E-state index in [9.17, 15) is 19.8 Å². The SMILES string of the molecule is CCc1ccccc1C(=O)C(O)c1ccccc1.COC.O=C(c1ccccc1)C(O)c1ccccc1. The van der Waals surface area contributed by atoms with Crippen LogP contribution in [0.2, 0.25) is 0 Å². The van der Waals surface area contributed by atoms with E-state index in [1.807, 2.05) is 55.5 Å². The number of carbonyl (C=O) groups excluding carboxylic acids is 2. The number of hydrogen-bond acceptors (Lipinski definition) is 5. The van der Waals surface area contributed by atoms with Gasteiger partial charge in [-0.15, -0.1) is 0 Å². The lowest BCUT2D eigenvalue weighted by atomic mass is 9.95. The second-order valence-electron chi connectivity index (χ2n) is 8.14. The molecule has 2 atom stereocenters. The van der Waals surface area contributed by atoms with Gasteiger partial charge in [-0.25, -0.2) is 0 Å². The van der Waals surface area contributed by atoms with E-state index < -0.39 is 12.2 Å². The van der Waals surface area contributed by atoms with Gasteiger partial charge >= 0.3 is 0 Å². The first-order chi connectivity index (χ1) is 17.9. The predicted octanol–water partition coefficient (Wildman–Crippen LogP) is 6.03. The van der Waals surface area contributed by atoms with Gasteiger partial charge in [-0.2, -0.15) is 0 Å². The fraction of sp³-hybridized carbons (Fsp3) is 0.188. The molecule has 2 unspecified atom stereocenters. The van der Waals surface area contributed by atoms with Crippen molar-refractivity contribution in [1.29, 1.82) is 0 Å². The van der Waals surface area contributed by atoms with Crippen LogP contribution >= 0.6 is 0 Å². The van der Waals surface area contributed by atoms with Crippen molar-refractivity contribution in [3.05, 3.63) is 143 Å². The third-order valence-corrected chi connectivity index (χ3v) is 5.45. The van der Waals surface area contributed by atoms with Crippen molar-refractivity contribution >= 4 is 11.6 Å². The number of carbonyl (C=O) groups is 2. The molecule has 37 heavy (non-hydrogen) atoms. The summed E-state index contributed by atoms with van der Waals surface area (Å²) in [6.45, 7) is 2.00. The lowest BCUT2D eigenvalue weighted by molar-refractivity contribution is 0.0743. The Labute approximate surface area is 219 Å². The zero-order valence-corrected chi connectivity index (χ0v) is 21.5. The average Bonchev–Trinajstić information content (AvgIpc) is 2.97. The van der Waals surface area contributed by atoms with Gasteiger partial charge in [-0.1, -0.05) is 122 Å². The molecule has 0 aliphatic heterocycles. The number of ketones is 2. The molecule has 0 bridgehead atoms. The maximum atomic E-state index is 12.3. The Bertz CT molecular complexity index is 1210. The van der Waals surface area contributed by atoms with Crippen molar-refractivity contribution in [1.82, 2.24) is 0 Å². The van der Waals surface area contributed by atoms with Crippen molar-refractivity contribution in [2.75, 3.05) is 14.2 Å². The largest absolute Gasteiger partial charge is 0.388 e. The van der Waals surface area contributed by atoms with Gasteiger partial charge in [-0.05, 0) is 23.1 Å². The lowest BCUT2D eigenvalue weighted by Gasteiger charge is -2.12. The summed E-state index contributed by atoms with van der Waals surface area (Å²) in [6.07, 6.45) is -1.38. The van der Waals surface area contributed by atoms with Crippen LogP contribution in [0.1, 0.15) is 56.5 Å². The van der Waals surface area contributed by atoms with Gasteiger partial charge in [0.15, 0.2) is 11.6 Å². The molecule has 0 radical (unpaired) electrons. The molecular weight excluding hydrogens is 464 g/mol. The first-order valence-electron chi connectivity index (χ1n) is 12.0. The molecular formula is C32H34O5. The van der Waals surface area contributed by atoms with Gasteiger partial charge in [0, 0.05) is 25.3 Å². The second-order valence-corrected chi connectivity index (χ2v) is 8.14. The van der Waals surface area contributed by atoms with Crippen LogP contribution in [0.25, 0.3) is 0 Å². The molecule has 5 nitrogen and oxygen atoms in total. The van der Waals surface area contributed by atoms with Crippen molar-refractivity contribution in [2.24, 2.45) is 0 Å². The van der Waals surface area contributed by atoms with Crippen LogP contribution in [0.5, 0.6) is 0 Å². The Hall–Kier alpha value is -3.90. The molecule has 192 valence electrons. The summed E-state index contributed by atoms with van der Waals surface area (Å²) in [5, 5.41) is 20.0. The van der Waals surface area contributed by atoms with Crippen molar-refractivity contribution in [3.8, 4) is 0 Å². The Morgan fingerprint density at radius 2 is 1.00 bits per heavy atom. The summed E-state index contributed by atoms with van der Waals surface area (Å²) in [7, 11) is 3.25. The monoisotopic (exact) mass is 498 g/mol. The minimum absolute atomic E-state index is 0.237. The number of aryl methyl sites for hydroxylation is 1. The summed E-state index contributed by atoms with van der Waals surface area (Å²) < 4.78 is 4.25. The van der Waals surface area contributed by atoms with Gasteiger partial charge in [0.1, 0.15) is 12.2 Å². The Kier molecular flexibility index (Phi) is 12.7. The molecule has 4 aromatic rings. The summed E-state index contributed by atoms with van der Waals surface area (Å²) in [4.78, 5) is 24.2. The van der Waals surface area contributed by atoms with Crippen molar-refractivity contribution in [2.45, 2.75) is 25.6 Å². The number of hydrogen-bond donors (Lipinski definition) is 2. The van der Waals surface area contributed by atoms with Gasteiger partial charge in [0.25, 0.3) is 0 Å². The van der Waals surface area contributed by atoms with Crippen LogP contribution in [0.4, 0.5) is 0 Å². The summed E-state index contributed by atoms with van der Waals surface area (Å²) in [5.74, 6) is -0.509. The molecule has 0 aromatic heterocycles. The van der Waals surface area contributed by atoms with Crippen LogP contribution in [-0.2, 0) is 11.2 Å². The first kappa shape index (κ1) is 29.3. The molecule has 2 N–H and O–H groups in total. The summed E-state index contributed by atoms with van der Waals surface area (Å²) in [6, 6.07) is 34.2. The lowest BCUT2D eigenvalue weighted by Crippen LogP contribution is -2.14. The van der Waals surface area contributed by atoms with Crippen molar-refractivity contribution in [3.63, 3.8) is 0 Å². The van der Waals surface area contributed by atoms with E-state index in [1.165, 1.54) is 0 Å². The smallest absolute Gasteiger partial charge is 0.196 e. The molecule has 0 fully saturated rings. The van der Waals surface area contributed by atoms with E-state index in [0.717, 1.165) is 12.0 Å². The molecule has 0 aliphatic carbocycles. The van der Waals surface area contributed by atoms with E-state index >= 15 is 0 Å². The number of methoxy groups -OCH3 is 1. The highest BCUT2D eigenvalue weighted by atomic mass is 16.4. The Morgan fingerprint density at radius 3 is 1.46 bits per heavy atom. The van der Waals surface area contributed by atoms with Crippen LogP contribution in [0.3, 0.4) is 0 Å². The first-order valence-corrected chi connectivity index (χ1v) is 12.0. The van der Waals surface area contributed by atoms with E-state index in [4.69, 9.17) is 0 Å². The molecule has 0 saturated heterocycles. The number of aliphatic hydroxyl groups excluding tert-OH is 2. The molecule has 5 heteroatoms. The third-order valence-electron chi connectivity index (χ3n) is 5.45.